The van der Waals surface area contributed by atoms with Crippen molar-refractivity contribution in [3.8, 4) is 0 Å². The van der Waals surface area contributed by atoms with Crippen molar-refractivity contribution < 1.29 is 9.90 Å². The van der Waals surface area contributed by atoms with E-state index in [-0.39, 0.29) is 5.82 Å². The third-order valence-corrected chi connectivity index (χ3v) is 0.867. The third-order valence-electron chi connectivity index (χ3n) is 0.867. The van der Waals surface area contributed by atoms with Gasteiger partial charge in [-0.15, -0.1) is 5.10 Å². The van der Waals surface area contributed by atoms with Crippen molar-refractivity contribution in [2.75, 3.05) is 0 Å². The Balaban J connectivity index is 3.00. The summed E-state index contributed by atoms with van der Waals surface area (Å²) >= 11 is 0. The van der Waals surface area contributed by atoms with Crippen LogP contribution in [0.25, 0.3) is 0 Å². The van der Waals surface area contributed by atoms with Crippen molar-refractivity contribution in [3.63, 3.8) is 0 Å². The molecule has 0 aliphatic heterocycles. The minimum atomic E-state index is -1.16. The van der Waals surface area contributed by atoms with Crippen LogP contribution < -0.4 is 0 Å². The standard InChI is InChI=1S/C5H5N3O2/c1-3-2-6-4(5(9)10)8-7-3/h2H,1H3,(H,9,10). The quantitative estimate of drug-likeness (QED) is 0.586. The number of aromatic carboxylic acids is 1. The Labute approximate surface area is 56.7 Å². The summed E-state index contributed by atoms with van der Waals surface area (Å²) < 4.78 is 0. The van der Waals surface area contributed by atoms with E-state index >= 15 is 0 Å². The molecule has 5 nitrogen and oxygen atoms in total. The molecule has 1 heterocycles. The number of nitrogens with zero attached hydrogens (tertiary/aromatic N) is 3. The second-order valence-electron chi connectivity index (χ2n) is 1.73. The number of hydrogen-bond acceptors (Lipinski definition) is 4. The number of carboxylic acids is 1. The molecular weight excluding hydrogens is 134 g/mol. The lowest BCUT2D eigenvalue weighted by atomic mass is 10.5. The molecule has 0 saturated heterocycles. The van der Waals surface area contributed by atoms with Crippen molar-refractivity contribution in [3.05, 3.63) is 17.7 Å². The zero-order valence-corrected chi connectivity index (χ0v) is 5.27. The molecule has 0 aliphatic carbocycles. The molecule has 0 spiro atoms. The van der Waals surface area contributed by atoms with Crippen LogP contribution in [-0.2, 0) is 0 Å². The van der Waals surface area contributed by atoms with E-state index in [0.717, 1.165) is 0 Å². The van der Waals surface area contributed by atoms with Crippen LogP contribution in [0.1, 0.15) is 16.3 Å². The molecule has 0 saturated carbocycles. The van der Waals surface area contributed by atoms with Crippen molar-refractivity contribution in [1.82, 2.24) is 15.2 Å². The molecule has 10 heavy (non-hydrogen) atoms. The van der Waals surface area contributed by atoms with Crippen LogP contribution in [0.4, 0.5) is 0 Å². The van der Waals surface area contributed by atoms with Crippen molar-refractivity contribution in [2.24, 2.45) is 0 Å². The lowest BCUT2D eigenvalue weighted by Gasteiger charge is -1.89. The van der Waals surface area contributed by atoms with Gasteiger partial charge in [0.2, 0.25) is 0 Å². The summed E-state index contributed by atoms with van der Waals surface area (Å²) in [6.07, 6.45) is 1.36. The van der Waals surface area contributed by atoms with Crippen LogP contribution in [-0.4, -0.2) is 26.3 Å². The molecule has 0 aliphatic rings. The highest BCUT2D eigenvalue weighted by molar-refractivity contribution is 5.82. The second kappa shape index (κ2) is 2.38. The molecular formula is C5H5N3O2. The number of hydrogen-bond donors (Lipinski definition) is 1. The van der Waals surface area contributed by atoms with E-state index in [1.807, 2.05) is 0 Å². The summed E-state index contributed by atoms with van der Waals surface area (Å²) in [6, 6.07) is 0. The molecule has 5 heteroatoms. The summed E-state index contributed by atoms with van der Waals surface area (Å²) in [5, 5.41) is 15.1. The van der Waals surface area contributed by atoms with Gasteiger partial charge in [-0.1, -0.05) is 0 Å². The fourth-order valence-corrected chi connectivity index (χ4v) is 0.430. The van der Waals surface area contributed by atoms with Crippen LogP contribution in [0.3, 0.4) is 0 Å². The molecule has 1 aromatic heterocycles. The molecule has 1 N–H and O–H groups in total. The number of aryl methyl sites for hydroxylation is 1. The Morgan fingerprint density at radius 1 is 1.60 bits per heavy atom. The number of rotatable bonds is 1. The molecule has 0 amide bonds. The lowest BCUT2D eigenvalue weighted by Crippen LogP contribution is -2.05. The Bertz CT molecular complexity index is 244. The van der Waals surface area contributed by atoms with Gasteiger partial charge in [-0.05, 0) is 6.92 Å². The minimum absolute atomic E-state index is 0.273. The van der Waals surface area contributed by atoms with E-state index in [4.69, 9.17) is 5.11 Å². The Morgan fingerprint density at radius 3 is 2.70 bits per heavy atom. The van der Waals surface area contributed by atoms with Gasteiger partial charge in [0.05, 0.1) is 11.9 Å². The fraction of sp³-hybridized carbons (Fsp3) is 0.200. The van der Waals surface area contributed by atoms with Crippen LogP contribution in [0.15, 0.2) is 6.20 Å². The highest BCUT2D eigenvalue weighted by Crippen LogP contribution is 1.87. The van der Waals surface area contributed by atoms with Gasteiger partial charge < -0.3 is 5.11 Å². The number of aromatic nitrogens is 3. The number of carboxylic acid groups (broad SMARTS) is 1. The number of carbonyl (C=O) groups is 1. The Kier molecular flexibility index (Phi) is 1.57. The highest BCUT2D eigenvalue weighted by Gasteiger charge is 2.04. The zero-order chi connectivity index (χ0) is 7.56. The van der Waals surface area contributed by atoms with Gasteiger partial charge in [-0.25, -0.2) is 9.78 Å². The highest BCUT2D eigenvalue weighted by atomic mass is 16.4. The lowest BCUT2D eigenvalue weighted by molar-refractivity contribution is 0.0682. The van der Waals surface area contributed by atoms with E-state index in [9.17, 15) is 4.79 Å². The molecule has 0 atom stereocenters. The fourth-order valence-electron chi connectivity index (χ4n) is 0.430. The largest absolute Gasteiger partial charge is 0.475 e. The summed E-state index contributed by atoms with van der Waals surface area (Å²) in [5.41, 5.74) is 0.602. The average molecular weight is 139 g/mol. The monoisotopic (exact) mass is 139 g/mol. The van der Waals surface area contributed by atoms with Crippen LogP contribution in [0.2, 0.25) is 0 Å². The maximum Gasteiger partial charge on any atom is 0.375 e. The average Bonchev–Trinajstić information content (AvgIpc) is 1.88. The maximum atomic E-state index is 10.1. The van der Waals surface area contributed by atoms with Gasteiger partial charge >= 0.3 is 5.97 Å². The van der Waals surface area contributed by atoms with Crippen LogP contribution in [0, 0.1) is 6.92 Å². The van der Waals surface area contributed by atoms with Crippen molar-refractivity contribution >= 4 is 5.97 Å². The van der Waals surface area contributed by atoms with Crippen LogP contribution in [0.5, 0.6) is 0 Å². The first-order chi connectivity index (χ1) is 4.70. The second-order valence-corrected chi connectivity index (χ2v) is 1.73. The molecule has 0 unspecified atom stereocenters. The normalized spacial score (nSPS) is 9.30. The maximum absolute atomic E-state index is 10.1. The summed E-state index contributed by atoms with van der Waals surface area (Å²) in [6.45, 7) is 1.69. The zero-order valence-electron chi connectivity index (χ0n) is 5.27. The molecule has 0 radical (unpaired) electrons. The molecule has 0 fully saturated rings. The topological polar surface area (TPSA) is 76.0 Å². The van der Waals surface area contributed by atoms with Gasteiger partial charge in [0, 0.05) is 0 Å². The Hall–Kier alpha value is -1.52. The minimum Gasteiger partial charge on any atom is -0.475 e. The molecule has 1 rings (SSSR count). The van der Waals surface area contributed by atoms with E-state index in [1.54, 1.807) is 6.92 Å². The van der Waals surface area contributed by atoms with E-state index < -0.39 is 5.97 Å². The Morgan fingerprint density at radius 2 is 2.30 bits per heavy atom. The predicted molar refractivity (Wildman–Crippen MR) is 31.5 cm³/mol. The van der Waals surface area contributed by atoms with Gasteiger partial charge in [-0.2, -0.15) is 5.10 Å². The predicted octanol–water partition coefficient (Wildman–Crippen LogP) is -0.122. The summed E-state index contributed by atoms with van der Waals surface area (Å²) in [4.78, 5) is 13.7. The summed E-state index contributed by atoms with van der Waals surface area (Å²) in [5.74, 6) is -1.43. The van der Waals surface area contributed by atoms with Gasteiger partial charge in [0.15, 0.2) is 0 Å². The first-order valence-corrected chi connectivity index (χ1v) is 2.60. The third kappa shape index (κ3) is 1.25. The van der Waals surface area contributed by atoms with Gasteiger partial charge in [0.25, 0.3) is 5.82 Å². The van der Waals surface area contributed by atoms with E-state index in [0.29, 0.717) is 5.69 Å². The van der Waals surface area contributed by atoms with Crippen molar-refractivity contribution in [2.45, 2.75) is 6.92 Å². The SMILES string of the molecule is Cc1cnc(C(=O)O)nn1. The first-order valence-electron chi connectivity index (χ1n) is 2.60. The first kappa shape index (κ1) is 6.60. The van der Waals surface area contributed by atoms with Gasteiger partial charge in [-0.3, -0.25) is 0 Å². The summed E-state index contributed by atoms with van der Waals surface area (Å²) in [7, 11) is 0. The smallest absolute Gasteiger partial charge is 0.375 e. The van der Waals surface area contributed by atoms with Gasteiger partial charge in [0.1, 0.15) is 0 Å². The molecule has 1 aromatic rings. The molecule has 0 aromatic carbocycles. The molecule has 52 valence electrons. The van der Waals surface area contributed by atoms with E-state index in [2.05, 4.69) is 15.2 Å². The van der Waals surface area contributed by atoms with E-state index in [1.165, 1.54) is 6.20 Å². The van der Waals surface area contributed by atoms with Crippen molar-refractivity contribution in [1.29, 1.82) is 0 Å². The van der Waals surface area contributed by atoms with Crippen LogP contribution >= 0.6 is 0 Å². The molecule has 0 bridgehead atoms.